The van der Waals surface area contributed by atoms with E-state index in [-0.39, 0.29) is 5.69 Å². The minimum atomic E-state index is -0.459. The number of imide groups is 1. The van der Waals surface area contributed by atoms with Crippen LogP contribution in [0.25, 0.3) is 10.8 Å². The van der Waals surface area contributed by atoms with E-state index in [1.165, 1.54) is 12.3 Å². The highest BCUT2D eigenvalue weighted by Gasteiger charge is 2.16. The highest BCUT2D eigenvalue weighted by Crippen LogP contribution is 2.27. The monoisotopic (exact) mass is 265 g/mol. The molecule has 1 aromatic carbocycles. The summed E-state index contributed by atoms with van der Waals surface area (Å²) in [5.41, 5.74) is 0.617. The summed E-state index contributed by atoms with van der Waals surface area (Å²) in [7, 11) is 0. The van der Waals surface area contributed by atoms with Crippen LogP contribution < -0.4 is 4.90 Å². The van der Waals surface area contributed by atoms with Crippen molar-refractivity contribution in [3.63, 3.8) is 0 Å². The van der Waals surface area contributed by atoms with E-state index >= 15 is 0 Å². The van der Waals surface area contributed by atoms with E-state index in [4.69, 9.17) is 5.26 Å². The van der Waals surface area contributed by atoms with Crippen molar-refractivity contribution in [1.29, 1.82) is 5.26 Å². The van der Waals surface area contributed by atoms with Gasteiger partial charge in [-0.05, 0) is 13.0 Å². The first-order chi connectivity index (χ1) is 9.72. The molecule has 1 aromatic heterocycles. The highest BCUT2D eigenvalue weighted by atomic mass is 16.2. The minimum Gasteiger partial charge on any atom is -0.278 e. The maximum atomic E-state index is 11.9. The molecule has 2 aromatic rings. The number of fused-ring (bicyclic) bond motifs is 1. The van der Waals surface area contributed by atoms with E-state index in [9.17, 15) is 9.59 Å². The van der Waals surface area contributed by atoms with Gasteiger partial charge in [0, 0.05) is 10.8 Å². The minimum absolute atomic E-state index is 0.258. The number of amides is 2. The van der Waals surface area contributed by atoms with Crippen LogP contribution in [0.3, 0.4) is 0 Å². The van der Waals surface area contributed by atoms with Crippen LogP contribution in [0.4, 0.5) is 5.69 Å². The summed E-state index contributed by atoms with van der Waals surface area (Å²) in [4.78, 5) is 28.1. The summed E-state index contributed by atoms with van der Waals surface area (Å²) in [6, 6.07) is 9.01. The average molecular weight is 265 g/mol. The Morgan fingerprint density at radius 1 is 1.35 bits per heavy atom. The molecular weight excluding hydrogens is 254 g/mol. The van der Waals surface area contributed by atoms with Gasteiger partial charge in [0.2, 0.25) is 6.41 Å². The van der Waals surface area contributed by atoms with Crippen molar-refractivity contribution < 1.29 is 9.59 Å². The number of carbonyl (C=O) groups excluding carboxylic acids is 2. The number of carbonyl (C=O) groups is 2. The number of benzene rings is 1. The Balaban J connectivity index is 2.69. The molecule has 5 nitrogen and oxygen atoms in total. The van der Waals surface area contributed by atoms with Crippen LogP contribution in [-0.4, -0.2) is 17.3 Å². The Morgan fingerprint density at radius 3 is 2.65 bits per heavy atom. The lowest BCUT2D eigenvalue weighted by molar-refractivity contribution is -0.118. The van der Waals surface area contributed by atoms with E-state index in [1.807, 2.05) is 6.07 Å². The number of rotatable bonds is 3. The SMILES string of the molecule is C/C=C\C(=O)N(C=O)c1cnc(C#N)c2ccccc12. The van der Waals surface area contributed by atoms with E-state index in [0.29, 0.717) is 22.9 Å². The van der Waals surface area contributed by atoms with Crippen LogP contribution in [0.2, 0.25) is 0 Å². The number of hydrogen-bond acceptors (Lipinski definition) is 4. The van der Waals surface area contributed by atoms with Gasteiger partial charge in [-0.25, -0.2) is 9.88 Å². The summed E-state index contributed by atoms with van der Waals surface area (Å²) in [6.07, 6.45) is 4.65. The molecule has 2 rings (SSSR count). The highest BCUT2D eigenvalue weighted by molar-refractivity contribution is 6.16. The number of hydrogen-bond donors (Lipinski definition) is 0. The van der Waals surface area contributed by atoms with Crippen LogP contribution in [0, 0.1) is 11.3 Å². The second-order valence-corrected chi connectivity index (χ2v) is 3.96. The third kappa shape index (κ3) is 2.27. The average Bonchev–Trinajstić information content (AvgIpc) is 2.48. The number of anilines is 1. The van der Waals surface area contributed by atoms with Crippen LogP contribution in [-0.2, 0) is 9.59 Å². The van der Waals surface area contributed by atoms with Crippen molar-refractivity contribution in [3.8, 4) is 6.07 Å². The molecule has 1 heterocycles. The number of allylic oxidation sites excluding steroid dienone is 1. The van der Waals surface area contributed by atoms with Gasteiger partial charge in [-0.1, -0.05) is 30.3 Å². The number of nitrogens with zero attached hydrogens (tertiary/aromatic N) is 3. The molecule has 20 heavy (non-hydrogen) atoms. The van der Waals surface area contributed by atoms with Crippen LogP contribution in [0.5, 0.6) is 0 Å². The number of aromatic nitrogens is 1. The molecule has 0 atom stereocenters. The molecule has 0 radical (unpaired) electrons. The Labute approximate surface area is 115 Å². The molecule has 0 aliphatic carbocycles. The summed E-state index contributed by atoms with van der Waals surface area (Å²) in [5, 5.41) is 10.3. The maximum absolute atomic E-state index is 11.9. The molecule has 5 heteroatoms. The number of nitriles is 1. The van der Waals surface area contributed by atoms with Crippen molar-refractivity contribution in [3.05, 3.63) is 48.3 Å². The van der Waals surface area contributed by atoms with Crippen molar-refractivity contribution in [2.24, 2.45) is 0 Å². The Morgan fingerprint density at radius 2 is 2.05 bits per heavy atom. The maximum Gasteiger partial charge on any atom is 0.257 e. The van der Waals surface area contributed by atoms with Crippen molar-refractivity contribution in [2.75, 3.05) is 4.90 Å². The van der Waals surface area contributed by atoms with Crippen molar-refractivity contribution in [2.45, 2.75) is 6.92 Å². The van der Waals surface area contributed by atoms with Crippen LogP contribution in [0.1, 0.15) is 12.6 Å². The van der Waals surface area contributed by atoms with Gasteiger partial charge in [0.05, 0.1) is 11.9 Å². The van der Waals surface area contributed by atoms with Crippen molar-refractivity contribution in [1.82, 2.24) is 4.98 Å². The molecule has 0 saturated heterocycles. The molecule has 0 fully saturated rings. The molecular formula is C15H11N3O2. The predicted molar refractivity (Wildman–Crippen MR) is 74.8 cm³/mol. The third-order valence-corrected chi connectivity index (χ3v) is 2.79. The van der Waals surface area contributed by atoms with Gasteiger partial charge in [0.25, 0.3) is 5.91 Å². The molecule has 0 bridgehead atoms. The van der Waals surface area contributed by atoms with Gasteiger partial charge < -0.3 is 0 Å². The normalized spacial score (nSPS) is 10.4. The fraction of sp³-hybridized carbons (Fsp3) is 0.0667. The first kappa shape index (κ1) is 13.4. The topological polar surface area (TPSA) is 74.1 Å². The molecule has 98 valence electrons. The standard InChI is InChI=1S/C15H11N3O2/c1-2-5-15(20)18(10-19)14-9-17-13(8-16)11-6-3-4-7-12(11)14/h2-7,9-10H,1H3/b5-2-. The zero-order valence-corrected chi connectivity index (χ0v) is 10.8. The van der Waals surface area contributed by atoms with Gasteiger partial charge >= 0.3 is 0 Å². The van der Waals surface area contributed by atoms with Crippen molar-refractivity contribution >= 4 is 28.8 Å². The largest absolute Gasteiger partial charge is 0.278 e. The summed E-state index contributed by atoms with van der Waals surface area (Å²) in [6.45, 7) is 1.69. The lowest BCUT2D eigenvalue weighted by Crippen LogP contribution is -2.27. The predicted octanol–water partition coefficient (Wildman–Crippen LogP) is 2.17. The lowest BCUT2D eigenvalue weighted by Gasteiger charge is -2.15. The van der Waals surface area contributed by atoms with E-state index in [0.717, 1.165) is 4.90 Å². The molecule has 2 amide bonds. The second-order valence-electron chi connectivity index (χ2n) is 3.96. The summed E-state index contributed by atoms with van der Waals surface area (Å²) in [5.74, 6) is -0.459. The van der Waals surface area contributed by atoms with Crippen LogP contribution in [0.15, 0.2) is 42.6 Å². The van der Waals surface area contributed by atoms with Gasteiger partial charge in [-0.3, -0.25) is 9.59 Å². The Kier molecular flexibility index (Phi) is 3.87. The summed E-state index contributed by atoms with van der Waals surface area (Å²) < 4.78 is 0. The van der Waals surface area contributed by atoms with E-state index < -0.39 is 5.91 Å². The zero-order chi connectivity index (χ0) is 14.5. The first-order valence-electron chi connectivity index (χ1n) is 5.92. The zero-order valence-electron chi connectivity index (χ0n) is 10.8. The second kappa shape index (κ2) is 5.76. The molecule has 0 unspecified atom stereocenters. The Hall–Kier alpha value is -3.00. The molecule has 0 spiro atoms. The van der Waals surface area contributed by atoms with Gasteiger partial charge in [-0.2, -0.15) is 5.26 Å². The quantitative estimate of drug-likeness (QED) is 0.629. The fourth-order valence-corrected chi connectivity index (χ4v) is 1.91. The smallest absolute Gasteiger partial charge is 0.257 e. The van der Waals surface area contributed by atoms with E-state index in [1.54, 1.807) is 37.3 Å². The number of pyridine rings is 1. The lowest BCUT2D eigenvalue weighted by atomic mass is 10.1. The molecule has 0 N–H and O–H groups in total. The van der Waals surface area contributed by atoms with Gasteiger partial charge in [0.1, 0.15) is 11.8 Å². The van der Waals surface area contributed by atoms with Gasteiger partial charge in [0.15, 0.2) is 0 Å². The molecule has 0 saturated carbocycles. The fourth-order valence-electron chi connectivity index (χ4n) is 1.91. The summed E-state index contributed by atoms with van der Waals surface area (Å²) >= 11 is 0. The molecule has 0 aliphatic heterocycles. The Bertz CT molecular complexity index is 744. The first-order valence-corrected chi connectivity index (χ1v) is 5.92. The van der Waals surface area contributed by atoms with Gasteiger partial charge in [-0.15, -0.1) is 0 Å². The van der Waals surface area contributed by atoms with Crippen LogP contribution >= 0.6 is 0 Å². The molecule has 0 aliphatic rings. The van der Waals surface area contributed by atoms with E-state index in [2.05, 4.69) is 4.98 Å². The third-order valence-electron chi connectivity index (χ3n) is 2.79.